The van der Waals surface area contributed by atoms with E-state index in [1.54, 1.807) is 6.21 Å². The molecule has 146 valence electrons. The van der Waals surface area contributed by atoms with Gasteiger partial charge in [0.05, 0.1) is 0 Å². The smallest absolute Gasteiger partial charge is 0.0262 e. The highest BCUT2D eigenvalue weighted by molar-refractivity contribution is 6.09. The summed E-state index contributed by atoms with van der Waals surface area (Å²) in [6.07, 6.45) is 3.90. The first kappa shape index (κ1) is 19.4. The molecule has 1 aliphatic rings. The maximum Gasteiger partial charge on any atom is 0.0262 e. The number of rotatable bonds is 3. The molecule has 0 radical (unpaired) electrons. The Balaban J connectivity index is 2.16. The predicted octanol–water partition coefficient (Wildman–Crippen LogP) is 7.80. The van der Waals surface area contributed by atoms with Crippen LogP contribution in [0.1, 0.15) is 48.6 Å². The van der Waals surface area contributed by atoms with Crippen LogP contribution in [0, 0.1) is 32.1 Å². The molecule has 1 atom stereocenters. The minimum absolute atomic E-state index is 0.364. The van der Waals surface area contributed by atoms with Crippen LogP contribution >= 0.6 is 0 Å². The van der Waals surface area contributed by atoms with Crippen LogP contribution in [0.3, 0.4) is 0 Å². The Kier molecular flexibility index (Phi) is 4.78. The molecule has 1 aliphatic carbocycles. The molecule has 29 heavy (non-hydrogen) atoms. The predicted molar refractivity (Wildman–Crippen MR) is 127 cm³/mol. The summed E-state index contributed by atoms with van der Waals surface area (Å²) in [6.45, 7) is 13.2. The molecule has 1 nitrogen and oxygen atoms in total. The molecule has 1 unspecified atom stereocenters. The summed E-state index contributed by atoms with van der Waals surface area (Å²) in [5.41, 5.74) is 12.6. The zero-order valence-corrected chi connectivity index (χ0v) is 18.3. The van der Waals surface area contributed by atoms with Crippen molar-refractivity contribution >= 4 is 22.6 Å². The van der Waals surface area contributed by atoms with E-state index in [1.165, 1.54) is 60.9 Å². The third-order valence-electron chi connectivity index (χ3n) is 6.80. The van der Waals surface area contributed by atoms with E-state index in [2.05, 4.69) is 90.1 Å². The number of benzene rings is 3. The van der Waals surface area contributed by atoms with E-state index in [-0.39, 0.29) is 0 Å². The average molecular weight is 380 g/mol. The average Bonchev–Trinajstić information content (AvgIpc) is 2.96. The van der Waals surface area contributed by atoms with Gasteiger partial charge in [0.25, 0.3) is 0 Å². The minimum atomic E-state index is 0.364. The Bertz CT molecular complexity index is 1220. The molecule has 0 saturated carbocycles. The van der Waals surface area contributed by atoms with Gasteiger partial charge in [-0.1, -0.05) is 55.0 Å². The molecule has 0 fully saturated rings. The summed E-state index contributed by atoms with van der Waals surface area (Å²) in [6, 6.07) is 15.3. The van der Waals surface area contributed by atoms with Gasteiger partial charge in [0.15, 0.2) is 0 Å². The van der Waals surface area contributed by atoms with Gasteiger partial charge in [-0.25, -0.2) is 0 Å². The molecule has 0 saturated heterocycles. The van der Waals surface area contributed by atoms with Gasteiger partial charge in [-0.15, -0.1) is 0 Å². The molecule has 3 aromatic carbocycles. The molecule has 0 aromatic heterocycles. The first-order chi connectivity index (χ1) is 13.8. The first-order valence-electron chi connectivity index (χ1n) is 10.4. The molecule has 1 heteroatoms. The molecular weight excluding hydrogens is 350 g/mol. The molecule has 3 aromatic rings. The van der Waals surface area contributed by atoms with Gasteiger partial charge in [-0.3, -0.25) is 0 Å². The number of allylic oxidation sites excluding steroid dienone is 4. The van der Waals surface area contributed by atoms with Crippen molar-refractivity contribution in [1.29, 1.82) is 5.41 Å². The second-order valence-corrected chi connectivity index (χ2v) is 8.44. The number of fused-ring (bicyclic) bond motifs is 1. The fourth-order valence-electron chi connectivity index (χ4n) is 4.84. The van der Waals surface area contributed by atoms with Gasteiger partial charge in [0, 0.05) is 17.7 Å². The van der Waals surface area contributed by atoms with Crippen LogP contribution < -0.4 is 0 Å². The van der Waals surface area contributed by atoms with Gasteiger partial charge in [0.1, 0.15) is 0 Å². The molecule has 0 aliphatic heterocycles. The lowest BCUT2D eigenvalue weighted by Crippen LogP contribution is -2.03. The summed E-state index contributed by atoms with van der Waals surface area (Å²) in [5.74, 6) is 0.364. The fraction of sp³-hybridized carbons (Fsp3) is 0.250. The monoisotopic (exact) mass is 379 g/mol. The number of hydrogen-bond acceptors (Lipinski definition) is 1. The van der Waals surface area contributed by atoms with E-state index in [9.17, 15) is 0 Å². The largest absolute Gasteiger partial charge is 0.308 e. The Labute approximate surface area is 174 Å². The maximum absolute atomic E-state index is 8.40. The van der Waals surface area contributed by atoms with E-state index in [0.717, 1.165) is 5.56 Å². The van der Waals surface area contributed by atoms with Gasteiger partial charge in [-0.2, -0.15) is 0 Å². The summed E-state index contributed by atoms with van der Waals surface area (Å²) in [7, 11) is 0. The second kappa shape index (κ2) is 7.15. The number of nitrogens with one attached hydrogen (secondary N) is 1. The molecule has 0 spiro atoms. The van der Waals surface area contributed by atoms with Crippen LogP contribution in [-0.4, -0.2) is 6.21 Å². The van der Waals surface area contributed by atoms with Crippen molar-refractivity contribution in [3.63, 3.8) is 0 Å². The molecular formula is C28H29N. The summed E-state index contributed by atoms with van der Waals surface area (Å²) < 4.78 is 0. The Hall–Kier alpha value is -2.93. The highest BCUT2D eigenvalue weighted by Gasteiger charge is 2.24. The lowest BCUT2D eigenvalue weighted by molar-refractivity contribution is 0.975. The van der Waals surface area contributed by atoms with Crippen LogP contribution in [0.2, 0.25) is 0 Å². The van der Waals surface area contributed by atoms with Crippen molar-refractivity contribution in [2.45, 2.75) is 41.5 Å². The van der Waals surface area contributed by atoms with E-state index in [4.69, 9.17) is 5.41 Å². The van der Waals surface area contributed by atoms with E-state index >= 15 is 0 Å². The van der Waals surface area contributed by atoms with Crippen LogP contribution in [0.25, 0.3) is 27.5 Å². The molecule has 0 bridgehead atoms. The number of aryl methyl sites for hydroxylation is 1. The van der Waals surface area contributed by atoms with Gasteiger partial charge in [0.2, 0.25) is 0 Å². The highest BCUT2D eigenvalue weighted by Crippen LogP contribution is 2.44. The fourth-order valence-corrected chi connectivity index (χ4v) is 4.84. The van der Waals surface area contributed by atoms with Crippen molar-refractivity contribution in [1.82, 2.24) is 0 Å². The van der Waals surface area contributed by atoms with Gasteiger partial charge < -0.3 is 5.41 Å². The van der Waals surface area contributed by atoms with E-state index in [1.807, 2.05) is 0 Å². The topological polar surface area (TPSA) is 23.9 Å². The second-order valence-electron chi connectivity index (χ2n) is 8.44. The molecule has 0 amide bonds. The summed E-state index contributed by atoms with van der Waals surface area (Å²) in [5, 5.41) is 10.8. The molecule has 4 rings (SSSR count). The Morgan fingerprint density at radius 1 is 0.862 bits per heavy atom. The Morgan fingerprint density at radius 3 is 2.24 bits per heavy atom. The van der Waals surface area contributed by atoms with Gasteiger partial charge >= 0.3 is 0 Å². The van der Waals surface area contributed by atoms with Crippen molar-refractivity contribution in [3.05, 3.63) is 87.5 Å². The van der Waals surface area contributed by atoms with Crippen LogP contribution in [-0.2, 0) is 0 Å². The van der Waals surface area contributed by atoms with E-state index in [0.29, 0.717) is 5.92 Å². The van der Waals surface area contributed by atoms with Crippen molar-refractivity contribution in [2.75, 3.05) is 0 Å². The zero-order valence-electron chi connectivity index (χ0n) is 18.3. The standard InChI is InChI=1S/C28H29N/c1-16-11-12-23(21(6)19(16)4)28-24-10-8-7-9-22(24)14-25(26(28)15-29)27-18(3)13-17(2)20(27)5/h7-15,18,29H,1-6H3. The summed E-state index contributed by atoms with van der Waals surface area (Å²) >= 11 is 0. The number of hydrogen-bond donors (Lipinski definition) is 1. The third kappa shape index (κ3) is 2.97. The Morgan fingerprint density at radius 2 is 1.59 bits per heavy atom. The van der Waals surface area contributed by atoms with Crippen molar-refractivity contribution in [3.8, 4) is 11.1 Å². The van der Waals surface area contributed by atoms with Crippen molar-refractivity contribution in [2.24, 2.45) is 5.92 Å². The lowest BCUT2D eigenvalue weighted by atomic mass is 9.82. The quantitative estimate of drug-likeness (QED) is 0.449. The van der Waals surface area contributed by atoms with Crippen LogP contribution in [0.4, 0.5) is 0 Å². The van der Waals surface area contributed by atoms with Crippen LogP contribution in [0.15, 0.2) is 59.7 Å². The minimum Gasteiger partial charge on any atom is -0.308 e. The first-order valence-corrected chi connectivity index (χ1v) is 10.4. The van der Waals surface area contributed by atoms with Crippen molar-refractivity contribution < 1.29 is 0 Å². The molecule has 1 N–H and O–H groups in total. The van der Waals surface area contributed by atoms with Gasteiger partial charge in [-0.05, 0) is 96.0 Å². The maximum atomic E-state index is 8.40. The lowest BCUT2D eigenvalue weighted by Gasteiger charge is -2.21. The zero-order chi connectivity index (χ0) is 20.9. The SMILES string of the molecule is CC1=CC(C)C(c2cc3ccccc3c(-c3ccc(C)c(C)c3C)c2C=N)=C1C. The highest BCUT2D eigenvalue weighted by atomic mass is 14.4. The molecule has 0 heterocycles. The third-order valence-corrected chi connectivity index (χ3v) is 6.80. The normalized spacial score (nSPS) is 16.5. The van der Waals surface area contributed by atoms with E-state index < -0.39 is 0 Å². The van der Waals surface area contributed by atoms with Crippen LogP contribution in [0.5, 0.6) is 0 Å². The summed E-state index contributed by atoms with van der Waals surface area (Å²) in [4.78, 5) is 0.